The zero-order chi connectivity index (χ0) is 14.1. The minimum atomic E-state index is -0.0301. The molecule has 1 aromatic carbocycles. The Morgan fingerprint density at radius 3 is 2.85 bits per heavy atom. The van der Waals surface area contributed by atoms with Gasteiger partial charge in [-0.25, -0.2) is 4.98 Å². The molecule has 100 valence electrons. The quantitative estimate of drug-likeness (QED) is 0.628. The largest absolute Gasteiger partial charge is 0.293 e. The minimum Gasteiger partial charge on any atom is -0.293 e. The Kier molecular flexibility index (Phi) is 3.54. The van der Waals surface area contributed by atoms with Crippen molar-refractivity contribution in [3.05, 3.63) is 47.0 Å². The highest BCUT2D eigenvalue weighted by Gasteiger charge is 2.30. The van der Waals surface area contributed by atoms with Gasteiger partial charge < -0.3 is 0 Å². The first-order chi connectivity index (χ1) is 9.69. The zero-order valence-corrected chi connectivity index (χ0v) is 12.5. The van der Waals surface area contributed by atoms with E-state index in [0.29, 0.717) is 15.8 Å². The van der Waals surface area contributed by atoms with E-state index in [1.165, 1.54) is 11.8 Å². The molecule has 3 nitrogen and oxygen atoms in total. The topological polar surface area (TPSA) is 33.2 Å². The Bertz CT molecular complexity index is 739. The van der Waals surface area contributed by atoms with Gasteiger partial charge in [-0.05, 0) is 25.1 Å². The Hall–Kier alpha value is -1.72. The molecule has 0 radical (unpaired) electrons. The first-order valence-electron chi connectivity index (χ1n) is 6.30. The molecule has 5 heteroatoms. The van der Waals surface area contributed by atoms with Gasteiger partial charge in [0.25, 0.3) is 5.91 Å². The van der Waals surface area contributed by atoms with E-state index in [4.69, 9.17) is 12.2 Å². The van der Waals surface area contributed by atoms with Crippen molar-refractivity contribution < 1.29 is 4.79 Å². The van der Waals surface area contributed by atoms with Gasteiger partial charge in [-0.15, -0.1) is 0 Å². The highest BCUT2D eigenvalue weighted by Crippen LogP contribution is 2.32. The summed E-state index contributed by atoms with van der Waals surface area (Å²) in [5.74, 6) is -0.0301. The van der Waals surface area contributed by atoms with Gasteiger partial charge in [0.15, 0.2) is 0 Å². The molecular formula is C15H12N2OS2. The van der Waals surface area contributed by atoms with Crippen molar-refractivity contribution in [1.82, 2.24) is 9.88 Å². The summed E-state index contributed by atoms with van der Waals surface area (Å²) in [5.41, 5.74) is 1.70. The molecule has 0 atom stereocenters. The molecule has 0 bridgehead atoms. The number of rotatable bonds is 2. The summed E-state index contributed by atoms with van der Waals surface area (Å²) in [7, 11) is 0. The Balaban J connectivity index is 1.98. The van der Waals surface area contributed by atoms with Crippen molar-refractivity contribution in [3.63, 3.8) is 0 Å². The lowest BCUT2D eigenvalue weighted by Gasteiger charge is -2.09. The molecule has 0 N–H and O–H groups in total. The fraction of sp³-hybridized carbons (Fsp3) is 0.133. The molecule has 1 aliphatic rings. The van der Waals surface area contributed by atoms with Crippen LogP contribution in [0.4, 0.5) is 0 Å². The number of aromatic nitrogens is 1. The summed E-state index contributed by atoms with van der Waals surface area (Å²) in [6.07, 6.45) is 1.81. The fourth-order valence-corrected chi connectivity index (χ4v) is 3.44. The molecule has 0 saturated carbocycles. The van der Waals surface area contributed by atoms with Crippen molar-refractivity contribution in [2.45, 2.75) is 6.92 Å². The monoisotopic (exact) mass is 300 g/mol. The van der Waals surface area contributed by atoms with Gasteiger partial charge in [0.2, 0.25) is 0 Å². The van der Waals surface area contributed by atoms with Crippen molar-refractivity contribution in [2.75, 3.05) is 6.54 Å². The maximum absolute atomic E-state index is 12.1. The highest BCUT2D eigenvalue weighted by molar-refractivity contribution is 8.26. The SMILES string of the molecule is CCN1C(=O)/C(=C/c2ccc3ccccc3n2)SC1=S. The molecule has 1 amide bonds. The van der Waals surface area contributed by atoms with Crippen LogP contribution in [0.2, 0.25) is 0 Å². The summed E-state index contributed by atoms with van der Waals surface area (Å²) < 4.78 is 0.615. The molecule has 20 heavy (non-hydrogen) atoms. The second-order valence-corrected chi connectivity index (χ2v) is 6.03. The summed E-state index contributed by atoms with van der Waals surface area (Å²) in [6, 6.07) is 11.8. The van der Waals surface area contributed by atoms with Crippen LogP contribution in [0.15, 0.2) is 41.3 Å². The van der Waals surface area contributed by atoms with Crippen molar-refractivity contribution >= 4 is 51.2 Å². The average molecular weight is 300 g/mol. The predicted molar refractivity (Wildman–Crippen MR) is 87.3 cm³/mol. The maximum Gasteiger partial charge on any atom is 0.266 e. The summed E-state index contributed by atoms with van der Waals surface area (Å²) in [5, 5.41) is 1.09. The second kappa shape index (κ2) is 5.34. The molecule has 1 saturated heterocycles. The van der Waals surface area contributed by atoms with Crippen LogP contribution in [-0.4, -0.2) is 26.7 Å². The highest BCUT2D eigenvalue weighted by atomic mass is 32.2. The Morgan fingerprint density at radius 1 is 1.30 bits per heavy atom. The fourth-order valence-electron chi connectivity index (χ4n) is 2.07. The van der Waals surface area contributed by atoms with Crippen molar-refractivity contribution in [3.8, 4) is 0 Å². The lowest BCUT2D eigenvalue weighted by atomic mass is 10.2. The van der Waals surface area contributed by atoms with Crippen molar-refractivity contribution in [1.29, 1.82) is 0 Å². The standard InChI is InChI=1S/C15H12N2OS2/c1-2-17-14(18)13(20-15(17)19)9-11-8-7-10-5-3-4-6-12(10)16-11/h3-9H,2H2,1H3/b13-9-. The van der Waals surface area contributed by atoms with E-state index in [1.807, 2.05) is 43.3 Å². The molecule has 0 aliphatic carbocycles. The molecule has 0 unspecified atom stereocenters. The number of thioether (sulfide) groups is 1. The summed E-state index contributed by atoms with van der Waals surface area (Å²) >= 11 is 6.53. The van der Waals surface area contributed by atoms with Crippen LogP contribution in [0.3, 0.4) is 0 Å². The van der Waals surface area contributed by atoms with Crippen LogP contribution in [0.25, 0.3) is 17.0 Å². The number of nitrogens with zero attached hydrogens (tertiary/aromatic N) is 2. The lowest BCUT2D eigenvalue weighted by Crippen LogP contribution is -2.27. The second-order valence-electron chi connectivity index (χ2n) is 4.35. The third-order valence-corrected chi connectivity index (χ3v) is 4.47. The van der Waals surface area contributed by atoms with E-state index in [-0.39, 0.29) is 5.91 Å². The van der Waals surface area contributed by atoms with Gasteiger partial charge in [-0.3, -0.25) is 9.69 Å². The number of fused-ring (bicyclic) bond motifs is 1. The number of carbonyl (C=O) groups excluding carboxylic acids is 1. The first kappa shape index (κ1) is 13.3. The Morgan fingerprint density at radius 2 is 2.10 bits per heavy atom. The van der Waals surface area contributed by atoms with Gasteiger partial charge in [0, 0.05) is 11.9 Å². The van der Waals surface area contributed by atoms with Gasteiger partial charge in [0.05, 0.1) is 16.1 Å². The van der Waals surface area contributed by atoms with Gasteiger partial charge in [-0.2, -0.15) is 0 Å². The molecule has 1 fully saturated rings. The van der Waals surface area contributed by atoms with Crippen LogP contribution in [0.5, 0.6) is 0 Å². The number of amides is 1. The number of pyridine rings is 1. The van der Waals surface area contributed by atoms with Crippen LogP contribution >= 0.6 is 24.0 Å². The number of benzene rings is 1. The molecule has 1 aromatic heterocycles. The third kappa shape index (κ3) is 2.34. The van der Waals surface area contributed by atoms with E-state index in [2.05, 4.69) is 4.98 Å². The maximum atomic E-state index is 12.1. The molecule has 3 rings (SSSR count). The number of likely N-dealkylation sites (N-methyl/N-ethyl adjacent to an activating group) is 1. The van der Waals surface area contributed by atoms with Gasteiger partial charge in [-0.1, -0.05) is 48.2 Å². The zero-order valence-electron chi connectivity index (χ0n) is 10.9. The molecule has 1 aliphatic heterocycles. The number of thiocarbonyl (C=S) groups is 1. The van der Waals surface area contributed by atoms with Crippen molar-refractivity contribution in [2.24, 2.45) is 0 Å². The average Bonchev–Trinajstić information content (AvgIpc) is 2.73. The van der Waals surface area contributed by atoms with E-state index < -0.39 is 0 Å². The summed E-state index contributed by atoms with van der Waals surface area (Å²) in [6.45, 7) is 2.52. The lowest BCUT2D eigenvalue weighted by molar-refractivity contribution is -0.121. The molecule has 2 heterocycles. The van der Waals surface area contributed by atoms with Crippen LogP contribution in [-0.2, 0) is 4.79 Å². The third-order valence-electron chi connectivity index (χ3n) is 3.09. The molecular weight excluding hydrogens is 288 g/mol. The number of carbonyl (C=O) groups is 1. The number of para-hydroxylation sites is 1. The minimum absolute atomic E-state index is 0.0301. The molecule has 2 aromatic rings. The first-order valence-corrected chi connectivity index (χ1v) is 7.52. The van der Waals surface area contributed by atoms with Crippen LogP contribution < -0.4 is 0 Å². The Labute approximate surface area is 126 Å². The van der Waals surface area contributed by atoms with Crippen LogP contribution in [0.1, 0.15) is 12.6 Å². The number of hydrogen-bond donors (Lipinski definition) is 0. The summed E-state index contributed by atoms with van der Waals surface area (Å²) in [4.78, 5) is 18.9. The molecule has 0 spiro atoms. The predicted octanol–water partition coefficient (Wildman–Crippen LogP) is 3.46. The number of hydrogen-bond acceptors (Lipinski definition) is 4. The smallest absolute Gasteiger partial charge is 0.266 e. The van der Waals surface area contributed by atoms with E-state index in [0.717, 1.165) is 16.6 Å². The normalized spacial score (nSPS) is 17.4. The van der Waals surface area contributed by atoms with Gasteiger partial charge in [0.1, 0.15) is 4.32 Å². The van der Waals surface area contributed by atoms with Gasteiger partial charge >= 0.3 is 0 Å². The van der Waals surface area contributed by atoms with Crippen LogP contribution in [0, 0.1) is 0 Å². The van der Waals surface area contributed by atoms with E-state index in [9.17, 15) is 4.79 Å². The van der Waals surface area contributed by atoms with E-state index in [1.54, 1.807) is 11.0 Å². The van der Waals surface area contributed by atoms with E-state index >= 15 is 0 Å².